The number of nitrogen functional groups attached to an aromatic ring is 1. The van der Waals surface area contributed by atoms with Gasteiger partial charge in [0, 0.05) is 11.3 Å². The average Bonchev–Trinajstić information content (AvgIpc) is 2.53. The molecule has 0 bridgehead atoms. The minimum atomic E-state index is -0.632. The minimum absolute atomic E-state index is 0. The van der Waals surface area contributed by atoms with E-state index in [-0.39, 0.29) is 12.4 Å². The summed E-state index contributed by atoms with van der Waals surface area (Å²) in [6.07, 6.45) is 0. The van der Waals surface area contributed by atoms with Crippen LogP contribution in [0.25, 0.3) is 0 Å². The normalized spacial score (nSPS) is 19.5. The Morgan fingerprint density at radius 3 is 2.50 bits per heavy atom. The third-order valence-electron chi connectivity index (χ3n) is 1.66. The highest BCUT2D eigenvalue weighted by molar-refractivity contribution is 8.15. The van der Waals surface area contributed by atoms with Crippen molar-refractivity contribution in [2.45, 2.75) is 5.56 Å². The number of benzene rings is 1. The van der Waals surface area contributed by atoms with Crippen LogP contribution >= 0.6 is 24.2 Å². The van der Waals surface area contributed by atoms with Crippen LogP contribution in [-0.4, -0.2) is 15.7 Å². The van der Waals surface area contributed by atoms with Gasteiger partial charge < -0.3 is 10.8 Å². The van der Waals surface area contributed by atoms with E-state index in [2.05, 4.69) is 10.5 Å². The lowest BCUT2D eigenvalue weighted by molar-refractivity contribution is 0.232. The number of thioether (sulfide) groups is 1. The minimum Gasteiger partial charge on any atom is -0.399 e. The summed E-state index contributed by atoms with van der Waals surface area (Å²) in [5, 5.41) is 13.9. The molecule has 4 N–H and O–H groups in total. The zero-order chi connectivity index (χ0) is 9.26. The first-order valence-electron chi connectivity index (χ1n) is 3.79. The molecule has 0 radical (unpaired) electrons. The van der Waals surface area contributed by atoms with Gasteiger partial charge in [0.2, 0.25) is 0 Å². The van der Waals surface area contributed by atoms with Gasteiger partial charge in [-0.15, -0.1) is 12.4 Å². The zero-order valence-corrected chi connectivity index (χ0v) is 8.81. The van der Waals surface area contributed by atoms with Crippen LogP contribution in [0.1, 0.15) is 5.56 Å². The van der Waals surface area contributed by atoms with Crippen molar-refractivity contribution in [1.82, 2.24) is 5.43 Å². The number of anilines is 1. The average molecular weight is 232 g/mol. The molecule has 0 aromatic heterocycles. The summed E-state index contributed by atoms with van der Waals surface area (Å²) in [5.41, 5.74) is 9.15. The second-order valence-corrected chi connectivity index (χ2v) is 3.71. The van der Waals surface area contributed by atoms with Crippen molar-refractivity contribution in [3.05, 3.63) is 29.8 Å². The first kappa shape index (κ1) is 11.2. The van der Waals surface area contributed by atoms with Crippen molar-refractivity contribution in [2.24, 2.45) is 5.10 Å². The summed E-state index contributed by atoms with van der Waals surface area (Å²) >= 11 is 1.28. The van der Waals surface area contributed by atoms with Crippen molar-refractivity contribution in [1.29, 1.82) is 0 Å². The van der Waals surface area contributed by atoms with Gasteiger partial charge in [-0.3, -0.25) is 5.43 Å². The molecule has 1 aromatic carbocycles. The first-order chi connectivity index (χ1) is 6.25. The molecule has 0 saturated heterocycles. The molecular formula is C8H10ClN3OS. The Morgan fingerprint density at radius 2 is 2.00 bits per heavy atom. The molecule has 14 heavy (non-hydrogen) atoms. The van der Waals surface area contributed by atoms with Gasteiger partial charge in [-0.2, -0.15) is 5.10 Å². The second kappa shape index (κ2) is 4.54. The van der Waals surface area contributed by atoms with E-state index in [0.717, 1.165) is 16.3 Å². The van der Waals surface area contributed by atoms with Gasteiger partial charge >= 0.3 is 0 Å². The van der Waals surface area contributed by atoms with E-state index in [1.165, 1.54) is 11.8 Å². The highest BCUT2D eigenvalue weighted by Crippen LogP contribution is 2.21. The Bertz CT molecular complexity index is 341. The number of nitrogens with zero attached hydrogens (tertiary/aromatic N) is 1. The van der Waals surface area contributed by atoms with Gasteiger partial charge in [0.25, 0.3) is 0 Å². The van der Waals surface area contributed by atoms with Crippen LogP contribution in [0.15, 0.2) is 29.4 Å². The number of hydrogen-bond acceptors (Lipinski definition) is 5. The van der Waals surface area contributed by atoms with Crippen molar-refractivity contribution >= 4 is 34.9 Å². The summed E-state index contributed by atoms with van der Waals surface area (Å²) < 4.78 is 0. The lowest BCUT2D eigenvalue weighted by atomic mass is 10.2. The van der Waals surface area contributed by atoms with E-state index in [1.807, 2.05) is 24.3 Å². The Hall–Kier alpha value is -0.910. The number of aliphatic hydroxyl groups is 1. The van der Waals surface area contributed by atoms with E-state index in [1.54, 1.807) is 0 Å². The SMILES string of the molecule is Cl.Nc1ccc(C2=NNC(O)S2)cc1. The number of nitrogens with two attached hydrogens (primary N) is 1. The molecule has 1 heterocycles. The summed E-state index contributed by atoms with van der Waals surface area (Å²) in [7, 11) is 0. The molecule has 76 valence electrons. The number of rotatable bonds is 1. The zero-order valence-electron chi connectivity index (χ0n) is 7.18. The molecule has 0 fully saturated rings. The van der Waals surface area contributed by atoms with Crippen LogP contribution in [0.2, 0.25) is 0 Å². The third-order valence-corrected chi connectivity index (χ3v) is 2.54. The molecule has 1 aliphatic heterocycles. The molecule has 4 nitrogen and oxygen atoms in total. The Kier molecular flexibility index (Phi) is 3.62. The van der Waals surface area contributed by atoms with Crippen LogP contribution in [0.3, 0.4) is 0 Å². The Labute approximate surface area is 92.0 Å². The van der Waals surface area contributed by atoms with Gasteiger partial charge in [0.15, 0.2) is 5.56 Å². The quantitative estimate of drug-likeness (QED) is 0.630. The van der Waals surface area contributed by atoms with E-state index in [0.29, 0.717) is 0 Å². The number of halogens is 1. The van der Waals surface area contributed by atoms with Gasteiger partial charge in [-0.05, 0) is 23.9 Å². The molecule has 1 aliphatic rings. The van der Waals surface area contributed by atoms with Crippen molar-refractivity contribution in [3.63, 3.8) is 0 Å². The summed E-state index contributed by atoms with van der Waals surface area (Å²) in [6.45, 7) is 0. The molecule has 1 aromatic rings. The maximum Gasteiger partial charge on any atom is 0.194 e. The number of hydrogen-bond donors (Lipinski definition) is 3. The molecule has 6 heteroatoms. The molecule has 1 atom stereocenters. The van der Waals surface area contributed by atoms with Gasteiger partial charge in [-0.1, -0.05) is 12.1 Å². The van der Waals surface area contributed by atoms with Crippen LogP contribution < -0.4 is 11.2 Å². The topological polar surface area (TPSA) is 70.6 Å². The van der Waals surface area contributed by atoms with Crippen LogP contribution in [0.4, 0.5) is 5.69 Å². The predicted octanol–water partition coefficient (Wildman–Crippen LogP) is 0.964. The molecule has 0 saturated carbocycles. The number of aliphatic hydroxyl groups excluding tert-OH is 1. The first-order valence-corrected chi connectivity index (χ1v) is 4.67. The van der Waals surface area contributed by atoms with E-state index in [4.69, 9.17) is 10.8 Å². The monoisotopic (exact) mass is 231 g/mol. The van der Waals surface area contributed by atoms with E-state index in [9.17, 15) is 0 Å². The maximum absolute atomic E-state index is 9.13. The largest absolute Gasteiger partial charge is 0.399 e. The standard InChI is InChI=1S/C8H9N3OS.ClH/c9-6-3-1-5(2-4-6)7-10-11-8(12)13-7;/h1-4,8,11-12H,9H2;1H. The Morgan fingerprint density at radius 1 is 1.36 bits per heavy atom. The van der Waals surface area contributed by atoms with Crippen LogP contribution in [0, 0.1) is 0 Å². The molecule has 0 aliphatic carbocycles. The predicted molar refractivity (Wildman–Crippen MR) is 61.4 cm³/mol. The summed E-state index contributed by atoms with van der Waals surface area (Å²) in [6, 6.07) is 7.37. The van der Waals surface area contributed by atoms with Gasteiger partial charge in [-0.25, -0.2) is 0 Å². The smallest absolute Gasteiger partial charge is 0.194 e. The Balaban J connectivity index is 0.000000980. The molecule has 1 unspecified atom stereocenters. The van der Waals surface area contributed by atoms with Gasteiger partial charge in [0.1, 0.15) is 5.04 Å². The van der Waals surface area contributed by atoms with E-state index < -0.39 is 5.56 Å². The fourth-order valence-corrected chi connectivity index (χ4v) is 1.73. The molecular weight excluding hydrogens is 222 g/mol. The number of nitrogens with one attached hydrogen (secondary N) is 1. The van der Waals surface area contributed by atoms with Crippen LogP contribution in [0.5, 0.6) is 0 Å². The molecule has 0 spiro atoms. The lowest BCUT2D eigenvalue weighted by Crippen LogP contribution is -2.13. The second-order valence-electron chi connectivity index (χ2n) is 2.64. The van der Waals surface area contributed by atoms with Crippen molar-refractivity contribution < 1.29 is 5.11 Å². The maximum atomic E-state index is 9.13. The fraction of sp³-hybridized carbons (Fsp3) is 0.125. The summed E-state index contributed by atoms with van der Waals surface area (Å²) in [4.78, 5) is 0. The highest BCUT2D eigenvalue weighted by atomic mass is 35.5. The number of hydrazone groups is 1. The van der Waals surface area contributed by atoms with Crippen molar-refractivity contribution in [2.75, 3.05) is 5.73 Å². The third kappa shape index (κ3) is 2.31. The highest BCUT2D eigenvalue weighted by Gasteiger charge is 2.16. The lowest BCUT2D eigenvalue weighted by Gasteiger charge is -1.99. The molecule has 0 amide bonds. The van der Waals surface area contributed by atoms with Gasteiger partial charge in [0.05, 0.1) is 0 Å². The molecule has 2 rings (SSSR count). The fourth-order valence-electron chi connectivity index (χ4n) is 1.03. The summed E-state index contributed by atoms with van der Waals surface area (Å²) in [5.74, 6) is 0. The van der Waals surface area contributed by atoms with Crippen LogP contribution in [-0.2, 0) is 0 Å². The van der Waals surface area contributed by atoms with Crippen molar-refractivity contribution in [3.8, 4) is 0 Å². The van der Waals surface area contributed by atoms with E-state index >= 15 is 0 Å².